The Morgan fingerprint density at radius 3 is 2.62 bits per heavy atom. The van der Waals surface area contributed by atoms with E-state index in [1.165, 1.54) is 12.8 Å². The molecule has 5 nitrogen and oxygen atoms in total. The molecule has 1 aliphatic rings. The predicted molar refractivity (Wildman–Crippen MR) is 83.2 cm³/mol. The summed E-state index contributed by atoms with van der Waals surface area (Å²) in [5, 5.41) is 11.9. The van der Waals surface area contributed by atoms with Crippen LogP contribution < -0.4 is 5.32 Å². The van der Waals surface area contributed by atoms with Gasteiger partial charge in [-0.05, 0) is 38.0 Å². The summed E-state index contributed by atoms with van der Waals surface area (Å²) in [6.07, 6.45) is 5.42. The molecule has 1 saturated heterocycles. The van der Waals surface area contributed by atoms with Crippen LogP contribution in [-0.4, -0.2) is 41.1 Å². The van der Waals surface area contributed by atoms with E-state index in [1.807, 2.05) is 4.90 Å². The van der Waals surface area contributed by atoms with E-state index in [2.05, 4.69) is 26.1 Å². The summed E-state index contributed by atoms with van der Waals surface area (Å²) in [6.45, 7) is 7.50. The number of likely N-dealkylation sites (tertiary alicyclic amines) is 1. The Hall–Kier alpha value is -1.26. The van der Waals surface area contributed by atoms with Crippen LogP contribution in [0.2, 0.25) is 0 Å². The number of hydrogen-bond donors (Lipinski definition) is 2. The van der Waals surface area contributed by atoms with Gasteiger partial charge in [-0.25, -0.2) is 4.79 Å². The molecule has 2 N–H and O–H groups in total. The number of nitrogens with one attached hydrogen (secondary N) is 1. The number of carbonyl (C=O) groups is 2. The lowest BCUT2D eigenvalue weighted by Crippen LogP contribution is -2.46. The highest BCUT2D eigenvalue weighted by atomic mass is 16.4. The van der Waals surface area contributed by atoms with Crippen molar-refractivity contribution in [2.24, 2.45) is 11.8 Å². The smallest absolute Gasteiger partial charge is 0.317 e. The fourth-order valence-corrected chi connectivity index (χ4v) is 3.06. The third-order valence-corrected chi connectivity index (χ3v) is 4.12. The average molecular weight is 298 g/mol. The van der Waals surface area contributed by atoms with Crippen LogP contribution in [-0.2, 0) is 4.79 Å². The van der Waals surface area contributed by atoms with Gasteiger partial charge in [-0.15, -0.1) is 0 Å². The SMILES string of the molecule is CC(C)CC(CNC(=O)N1CCCCCC1C)CC(=O)O. The fourth-order valence-electron chi connectivity index (χ4n) is 3.06. The minimum Gasteiger partial charge on any atom is -0.481 e. The lowest BCUT2D eigenvalue weighted by atomic mass is 9.94. The van der Waals surface area contributed by atoms with Crippen molar-refractivity contribution in [2.45, 2.75) is 65.3 Å². The van der Waals surface area contributed by atoms with E-state index in [9.17, 15) is 9.59 Å². The zero-order valence-corrected chi connectivity index (χ0v) is 13.6. The summed E-state index contributed by atoms with van der Waals surface area (Å²) in [5.41, 5.74) is 0. The van der Waals surface area contributed by atoms with Crippen molar-refractivity contribution in [3.63, 3.8) is 0 Å². The van der Waals surface area contributed by atoms with Crippen molar-refractivity contribution in [1.82, 2.24) is 10.2 Å². The Bertz CT molecular complexity index is 344. The zero-order valence-electron chi connectivity index (χ0n) is 13.6. The monoisotopic (exact) mass is 298 g/mol. The normalized spacial score (nSPS) is 21.0. The van der Waals surface area contributed by atoms with E-state index < -0.39 is 5.97 Å². The van der Waals surface area contributed by atoms with Crippen LogP contribution in [0.1, 0.15) is 59.3 Å². The molecule has 5 heteroatoms. The maximum absolute atomic E-state index is 12.3. The molecule has 21 heavy (non-hydrogen) atoms. The first-order chi connectivity index (χ1) is 9.90. The van der Waals surface area contributed by atoms with E-state index in [1.54, 1.807) is 0 Å². The first kappa shape index (κ1) is 17.8. The summed E-state index contributed by atoms with van der Waals surface area (Å²) in [4.78, 5) is 25.1. The lowest BCUT2D eigenvalue weighted by Gasteiger charge is -2.28. The lowest BCUT2D eigenvalue weighted by molar-refractivity contribution is -0.138. The molecule has 1 heterocycles. The molecule has 0 aliphatic carbocycles. The molecule has 2 unspecified atom stereocenters. The van der Waals surface area contributed by atoms with Gasteiger partial charge in [0.1, 0.15) is 0 Å². The van der Waals surface area contributed by atoms with Gasteiger partial charge in [0.15, 0.2) is 0 Å². The van der Waals surface area contributed by atoms with E-state index >= 15 is 0 Å². The Kier molecular flexibility index (Phi) is 7.54. The van der Waals surface area contributed by atoms with Crippen LogP contribution in [0.15, 0.2) is 0 Å². The number of aliphatic carboxylic acids is 1. The summed E-state index contributed by atoms with van der Waals surface area (Å²) >= 11 is 0. The van der Waals surface area contributed by atoms with E-state index in [0.717, 1.165) is 25.8 Å². The molecule has 0 bridgehead atoms. The number of carboxylic acid groups (broad SMARTS) is 1. The third kappa shape index (κ3) is 6.82. The maximum Gasteiger partial charge on any atom is 0.317 e. The molecule has 1 aliphatic heterocycles. The van der Waals surface area contributed by atoms with E-state index in [-0.39, 0.29) is 24.4 Å². The second kappa shape index (κ2) is 8.90. The van der Waals surface area contributed by atoms with Gasteiger partial charge < -0.3 is 15.3 Å². The molecule has 1 rings (SSSR count). The van der Waals surface area contributed by atoms with Crippen molar-refractivity contribution in [2.75, 3.05) is 13.1 Å². The van der Waals surface area contributed by atoms with Crippen LogP contribution in [0.4, 0.5) is 4.79 Å². The van der Waals surface area contributed by atoms with Gasteiger partial charge in [0, 0.05) is 25.6 Å². The quantitative estimate of drug-likeness (QED) is 0.791. The van der Waals surface area contributed by atoms with Crippen LogP contribution in [0.25, 0.3) is 0 Å². The van der Waals surface area contributed by atoms with E-state index in [0.29, 0.717) is 12.5 Å². The number of amides is 2. The van der Waals surface area contributed by atoms with Crippen LogP contribution in [0, 0.1) is 11.8 Å². The van der Waals surface area contributed by atoms with Gasteiger partial charge in [0.05, 0.1) is 0 Å². The molecular weight excluding hydrogens is 268 g/mol. The number of rotatable bonds is 6. The maximum atomic E-state index is 12.3. The zero-order chi connectivity index (χ0) is 15.8. The number of hydrogen-bond acceptors (Lipinski definition) is 2. The summed E-state index contributed by atoms with van der Waals surface area (Å²) in [6, 6.07) is 0.235. The minimum atomic E-state index is -0.793. The second-order valence-corrected chi connectivity index (χ2v) is 6.67. The number of carbonyl (C=O) groups excluding carboxylic acids is 1. The van der Waals surface area contributed by atoms with Gasteiger partial charge in [0.25, 0.3) is 0 Å². The molecule has 1 fully saturated rings. The van der Waals surface area contributed by atoms with Gasteiger partial charge in [-0.3, -0.25) is 4.79 Å². The highest BCUT2D eigenvalue weighted by Gasteiger charge is 2.23. The molecule has 0 aromatic heterocycles. The van der Waals surface area contributed by atoms with Crippen LogP contribution in [0.5, 0.6) is 0 Å². The van der Waals surface area contributed by atoms with Crippen molar-refractivity contribution in [3.8, 4) is 0 Å². The van der Waals surface area contributed by atoms with E-state index in [4.69, 9.17) is 5.11 Å². The van der Waals surface area contributed by atoms with Gasteiger partial charge in [-0.2, -0.15) is 0 Å². The van der Waals surface area contributed by atoms with Gasteiger partial charge >= 0.3 is 12.0 Å². The Labute approximate surface area is 128 Å². The number of carboxylic acids is 1. The molecular formula is C16H30N2O3. The highest BCUT2D eigenvalue weighted by Crippen LogP contribution is 2.17. The molecule has 0 spiro atoms. The summed E-state index contributed by atoms with van der Waals surface area (Å²) in [7, 11) is 0. The second-order valence-electron chi connectivity index (χ2n) is 6.67. The first-order valence-electron chi connectivity index (χ1n) is 8.16. The number of urea groups is 1. The Morgan fingerprint density at radius 1 is 1.29 bits per heavy atom. The summed E-state index contributed by atoms with van der Waals surface area (Å²) < 4.78 is 0. The van der Waals surface area contributed by atoms with Gasteiger partial charge in [0.2, 0.25) is 0 Å². The largest absolute Gasteiger partial charge is 0.481 e. The topological polar surface area (TPSA) is 69.6 Å². The average Bonchev–Trinajstić information content (AvgIpc) is 2.59. The summed E-state index contributed by atoms with van der Waals surface area (Å²) in [5.74, 6) is -0.352. The molecule has 0 saturated carbocycles. The van der Waals surface area contributed by atoms with Crippen molar-refractivity contribution >= 4 is 12.0 Å². The molecule has 2 amide bonds. The molecule has 2 atom stereocenters. The fraction of sp³-hybridized carbons (Fsp3) is 0.875. The standard InChI is InChI=1S/C16H30N2O3/c1-12(2)9-14(10-15(19)20)11-17-16(21)18-8-6-4-5-7-13(18)3/h12-14H,4-11H2,1-3H3,(H,17,21)(H,19,20). The Balaban J connectivity index is 2.48. The predicted octanol–water partition coefficient (Wildman–Crippen LogP) is 3.10. The van der Waals surface area contributed by atoms with Gasteiger partial charge in [-0.1, -0.05) is 26.7 Å². The number of nitrogens with zero attached hydrogens (tertiary/aromatic N) is 1. The van der Waals surface area contributed by atoms with Crippen LogP contribution >= 0.6 is 0 Å². The molecule has 0 aromatic rings. The third-order valence-electron chi connectivity index (χ3n) is 4.12. The van der Waals surface area contributed by atoms with Crippen molar-refractivity contribution in [3.05, 3.63) is 0 Å². The van der Waals surface area contributed by atoms with Crippen LogP contribution in [0.3, 0.4) is 0 Å². The minimum absolute atomic E-state index is 0.00809. The van der Waals surface area contributed by atoms with Crippen molar-refractivity contribution < 1.29 is 14.7 Å². The molecule has 122 valence electrons. The Morgan fingerprint density at radius 2 is 2.00 bits per heavy atom. The molecule has 0 radical (unpaired) electrons. The highest BCUT2D eigenvalue weighted by molar-refractivity contribution is 5.74. The first-order valence-corrected chi connectivity index (χ1v) is 8.16. The molecule has 0 aromatic carbocycles. The van der Waals surface area contributed by atoms with Crippen molar-refractivity contribution in [1.29, 1.82) is 0 Å².